The van der Waals surface area contributed by atoms with E-state index in [4.69, 9.17) is 0 Å². The molecule has 2 aromatic heterocycles. The summed E-state index contributed by atoms with van der Waals surface area (Å²) in [6, 6.07) is 17.2. The lowest BCUT2D eigenvalue weighted by Crippen LogP contribution is -2.25. The fraction of sp³-hybridized carbons (Fsp3) is 0.111. The number of pyridine rings is 1. The highest BCUT2D eigenvalue weighted by molar-refractivity contribution is 5.82. The maximum absolute atomic E-state index is 12.6. The van der Waals surface area contributed by atoms with Crippen molar-refractivity contribution in [3.63, 3.8) is 0 Å². The number of aryl methyl sites for hydroxylation is 1. The third-order valence-corrected chi connectivity index (χ3v) is 3.88. The van der Waals surface area contributed by atoms with E-state index in [1.807, 2.05) is 49.4 Å². The topological polar surface area (TPSA) is 60.7 Å². The maximum atomic E-state index is 12.6. The first-order chi connectivity index (χ1) is 11.2. The van der Waals surface area contributed by atoms with Crippen molar-refractivity contribution in [3.8, 4) is 0 Å². The largest absolute Gasteiger partial charge is 0.277 e. The summed E-state index contributed by atoms with van der Waals surface area (Å²) in [4.78, 5) is 17.1. The number of hydrogen-bond acceptors (Lipinski definition) is 4. The molecule has 0 amide bonds. The van der Waals surface area contributed by atoms with Gasteiger partial charge in [-0.3, -0.25) is 9.78 Å². The molecule has 0 N–H and O–H groups in total. The maximum Gasteiger partial charge on any atom is 0.277 e. The van der Waals surface area contributed by atoms with Crippen LogP contribution >= 0.6 is 0 Å². The fourth-order valence-corrected chi connectivity index (χ4v) is 2.81. The zero-order valence-corrected chi connectivity index (χ0v) is 12.6. The second-order valence-corrected chi connectivity index (χ2v) is 5.51. The molecule has 4 rings (SSSR count). The molecule has 0 aliphatic rings. The van der Waals surface area contributed by atoms with Crippen LogP contribution < -0.4 is 5.56 Å². The minimum absolute atomic E-state index is 0.130. The zero-order chi connectivity index (χ0) is 15.8. The smallest absolute Gasteiger partial charge is 0.267 e. The average molecular weight is 302 g/mol. The molecule has 0 spiro atoms. The number of hydrogen-bond donors (Lipinski definition) is 0. The molecule has 0 atom stereocenters. The normalized spacial score (nSPS) is 11.2. The van der Waals surface area contributed by atoms with Gasteiger partial charge in [0, 0.05) is 11.1 Å². The number of aromatic nitrogens is 4. The van der Waals surface area contributed by atoms with Gasteiger partial charge in [0.25, 0.3) is 5.56 Å². The Balaban J connectivity index is 1.88. The highest BCUT2D eigenvalue weighted by atomic mass is 16.1. The average Bonchev–Trinajstić information content (AvgIpc) is 2.57. The van der Waals surface area contributed by atoms with Gasteiger partial charge in [-0.2, -0.15) is 0 Å². The van der Waals surface area contributed by atoms with Crippen LogP contribution in [-0.4, -0.2) is 20.0 Å². The van der Waals surface area contributed by atoms with Gasteiger partial charge in [-0.05, 0) is 36.8 Å². The van der Waals surface area contributed by atoms with Crippen molar-refractivity contribution in [2.45, 2.75) is 13.5 Å². The first-order valence-electron chi connectivity index (χ1n) is 7.40. The zero-order valence-electron chi connectivity index (χ0n) is 12.6. The Hall–Kier alpha value is -3.08. The van der Waals surface area contributed by atoms with E-state index < -0.39 is 0 Å². The Labute approximate surface area is 132 Å². The predicted molar refractivity (Wildman–Crippen MR) is 89.4 cm³/mol. The van der Waals surface area contributed by atoms with Crippen LogP contribution in [0, 0.1) is 6.92 Å². The van der Waals surface area contributed by atoms with Crippen molar-refractivity contribution >= 4 is 21.8 Å². The van der Waals surface area contributed by atoms with Gasteiger partial charge < -0.3 is 0 Å². The summed E-state index contributed by atoms with van der Waals surface area (Å²) in [5, 5.41) is 9.82. The van der Waals surface area contributed by atoms with E-state index in [2.05, 4.69) is 15.3 Å². The van der Waals surface area contributed by atoms with Gasteiger partial charge in [0.15, 0.2) is 0 Å². The minimum Gasteiger partial charge on any atom is -0.267 e. The lowest BCUT2D eigenvalue weighted by molar-refractivity contribution is 0.602. The van der Waals surface area contributed by atoms with Gasteiger partial charge in [0.2, 0.25) is 0 Å². The Morgan fingerprint density at radius 3 is 2.48 bits per heavy atom. The molecular formula is C18H14N4O. The van der Waals surface area contributed by atoms with Gasteiger partial charge in [0.05, 0.1) is 17.4 Å². The van der Waals surface area contributed by atoms with Crippen LogP contribution in [0.4, 0.5) is 0 Å². The van der Waals surface area contributed by atoms with E-state index in [0.717, 1.165) is 22.2 Å². The van der Waals surface area contributed by atoms with E-state index in [1.54, 1.807) is 12.1 Å². The highest BCUT2D eigenvalue weighted by Crippen LogP contribution is 2.18. The van der Waals surface area contributed by atoms with Crippen LogP contribution in [0.3, 0.4) is 0 Å². The predicted octanol–water partition coefficient (Wildman–Crippen LogP) is 2.70. The first-order valence-corrected chi connectivity index (χ1v) is 7.40. The number of benzene rings is 2. The Kier molecular flexibility index (Phi) is 3.12. The van der Waals surface area contributed by atoms with E-state index >= 15 is 0 Å². The van der Waals surface area contributed by atoms with Crippen molar-refractivity contribution in [2.24, 2.45) is 0 Å². The first kappa shape index (κ1) is 13.6. The summed E-state index contributed by atoms with van der Waals surface area (Å²) in [5.41, 5.74) is 3.34. The van der Waals surface area contributed by atoms with Crippen molar-refractivity contribution in [3.05, 3.63) is 76.2 Å². The van der Waals surface area contributed by atoms with Gasteiger partial charge in [-0.1, -0.05) is 35.5 Å². The summed E-state index contributed by atoms with van der Waals surface area (Å²) in [7, 11) is 0. The molecule has 0 radical (unpaired) electrons. The van der Waals surface area contributed by atoms with E-state index in [1.165, 1.54) is 4.68 Å². The second kappa shape index (κ2) is 5.28. The Morgan fingerprint density at radius 1 is 0.957 bits per heavy atom. The van der Waals surface area contributed by atoms with Gasteiger partial charge in [0.1, 0.15) is 5.52 Å². The van der Waals surface area contributed by atoms with E-state index in [0.29, 0.717) is 17.4 Å². The number of nitrogens with zero attached hydrogens (tertiary/aromatic N) is 4. The Morgan fingerprint density at radius 2 is 1.65 bits per heavy atom. The van der Waals surface area contributed by atoms with Crippen LogP contribution in [0.1, 0.15) is 11.3 Å². The SMILES string of the molecule is Cc1cc(Cn2nnc3ccccc3c2=O)c2ccccc2n1. The summed E-state index contributed by atoms with van der Waals surface area (Å²) >= 11 is 0. The molecule has 0 unspecified atom stereocenters. The fourth-order valence-electron chi connectivity index (χ4n) is 2.81. The monoisotopic (exact) mass is 302 g/mol. The van der Waals surface area contributed by atoms with Crippen molar-refractivity contribution in [1.29, 1.82) is 0 Å². The summed E-state index contributed by atoms with van der Waals surface area (Å²) < 4.78 is 1.41. The van der Waals surface area contributed by atoms with Crippen LogP contribution in [0.5, 0.6) is 0 Å². The summed E-state index contributed by atoms with van der Waals surface area (Å²) in [5.74, 6) is 0. The van der Waals surface area contributed by atoms with Crippen LogP contribution in [0.15, 0.2) is 59.4 Å². The minimum atomic E-state index is -0.130. The molecular weight excluding hydrogens is 288 g/mol. The third kappa shape index (κ3) is 2.36. The quantitative estimate of drug-likeness (QED) is 0.571. The third-order valence-electron chi connectivity index (χ3n) is 3.88. The summed E-state index contributed by atoms with van der Waals surface area (Å²) in [6.45, 7) is 2.32. The van der Waals surface area contributed by atoms with Gasteiger partial charge in [-0.15, -0.1) is 5.10 Å². The lowest BCUT2D eigenvalue weighted by atomic mass is 10.1. The number of fused-ring (bicyclic) bond motifs is 2. The van der Waals surface area contributed by atoms with Gasteiger partial charge in [-0.25, -0.2) is 4.68 Å². The lowest BCUT2D eigenvalue weighted by Gasteiger charge is -2.09. The number of para-hydroxylation sites is 1. The molecule has 0 aliphatic carbocycles. The van der Waals surface area contributed by atoms with Crippen molar-refractivity contribution in [1.82, 2.24) is 20.0 Å². The number of rotatable bonds is 2. The van der Waals surface area contributed by atoms with Crippen LogP contribution in [0.2, 0.25) is 0 Å². The van der Waals surface area contributed by atoms with E-state index in [9.17, 15) is 4.79 Å². The molecule has 5 nitrogen and oxygen atoms in total. The Bertz CT molecular complexity index is 1080. The molecule has 2 heterocycles. The molecule has 0 fully saturated rings. The van der Waals surface area contributed by atoms with Crippen molar-refractivity contribution in [2.75, 3.05) is 0 Å². The van der Waals surface area contributed by atoms with E-state index in [-0.39, 0.29) is 5.56 Å². The molecule has 0 bridgehead atoms. The molecule has 0 saturated heterocycles. The van der Waals surface area contributed by atoms with Crippen LogP contribution in [-0.2, 0) is 6.54 Å². The molecule has 23 heavy (non-hydrogen) atoms. The molecule has 5 heteroatoms. The highest BCUT2D eigenvalue weighted by Gasteiger charge is 2.09. The molecule has 4 aromatic rings. The molecule has 2 aromatic carbocycles. The molecule has 0 aliphatic heterocycles. The molecule has 0 saturated carbocycles. The van der Waals surface area contributed by atoms with Crippen molar-refractivity contribution < 1.29 is 0 Å². The van der Waals surface area contributed by atoms with Crippen LogP contribution in [0.25, 0.3) is 21.8 Å². The summed E-state index contributed by atoms with van der Waals surface area (Å²) in [6.07, 6.45) is 0. The second-order valence-electron chi connectivity index (χ2n) is 5.51. The standard InChI is InChI=1S/C18H14N4O/c1-12-10-13(14-6-2-4-8-16(14)19-12)11-22-18(23)15-7-3-5-9-17(15)20-21-22/h2-10H,11H2,1H3. The van der Waals surface area contributed by atoms with Gasteiger partial charge >= 0.3 is 0 Å². The molecule has 112 valence electrons.